The van der Waals surface area contributed by atoms with E-state index in [1.54, 1.807) is 6.07 Å². The van der Waals surface area contributed by atoms with Crippen LogP contribution in [0.3, 0.4) is 0 Å². The third-order valence-electron chi connectivity index (χ3n) is 4.15. The highest BCUT2D eigenvalue weighted by Gasteiger charge is 2.24. The fourth-order valence-corrected chi connectivity index (χ4v) is 3.18. The second kappa shape index (κ2) is 11.6. The van der Waals surface area contributed by atoms with Crippen molar-refractivity contribution < 1.29 is 19.1 Å². The maximum atomic E-state index is 12.6. The molecule has 0 saturated carbocycles. The summed E-state index contributed by atoms with van der Waals surface area (Å²) in [5.41, 5.74) is 1.06. The van der Waals surface area contributed by atoms with Gasteiger partial charge in [0.25, 0.3) is 5.91 Å². The van der Waals surface area contributed by atoms with E-state index in [9.17, 15) is 14.4 Å². The number of ether oxygens (including phenoxy) is 1. The first-order chi connectivity index (χ1) is 14.3. The predicted octanol–water partition coefficient (Wildman–Crippen LogP) is 4.00. The second-order valence-electron chi connectivity index (χ2n) is 7.14. The minimum atomic E-state index is -0.828. The van der Waals surface area contributed by atoms with E-state index < -0.39 is 23.8 Å². The van der Waals surface area contributed by atoms with E-state index in [2.05, 4.69) is 10.6 Å². The van der Waals surface area contributed by atoms with E-state index in [1.165, 1.54) is 12.1 Å². The molecule has 0 bridgehead atoms. The number of benzene rings is 2. The molecule has 6 nitrogen and oxygen atoms in total. The maximum absolute atomic E-state index is 12.6. The second-order valence-corrected chi connectivity index (χ2v) is 7.99. The van der Waals surface area contributed by atoms with Crippen LogP contribution in [0.1, 0.15) is 36.2 Å². The molecule has 30 heavy (non-hydrogen) atoms. The summed E-state index contributed by atoms with van der Waals surface area (Å²) in [6.45, 7) is 3.68. The van der Waals surface area contributed by atoms with E-state index in [0.717, 1.165) is 5.56 Å². The Morgan fingerprint density at radius 3 is 2.37 bits per heavy atom. The number of esters is 1. The number of nitrogens with one attached hydrogen (secondary N) is 2. The zero-order valence-electron chi connectivity index (χ0n) is 16.8. The summed E-state index contributed by atoms with van der Waals surface area (Å²) < 4.78 is 5.15. The van der Waals surface area contributed by atoms with E-state index in [0.29, 0.717) is 11.4 Å². The van der Waals surface area contributed by atoms with Crippen LogP contribution in [0, 0.1) is 5.92 Å². The van der Waals surface area contributed by atoms with Crippen molar-refractivity contribution in [1.82, 2.24) is 10.6 Å². The number of halogens is 2. The summed E-state index contributed by atoms with van der Waals surface area (Å²) in [7, 11) is 0. The van der Waals surface area contributed by atoms with Gasteiger partial charge in [0.15, 0.2) is 0 Å². The Hall–Kier alpha value is -2.57. The van der Waals surface area contributed by atoms with E-state index >= 15 is 0 Å². The standard InChI is InChI=1S/C22H24Cl2N2O4/c1-14(2)10-19(26-21(28)17-9-8-16(23)11-18(17)24)22(29)25-12-20(27)30-13-15-6-4-3-5-7-15/h3-9,11,14,19H,10,12-13H2,1-2H3,(H,25,29)(H,26,28). The van der Waals surface area contributed by atoms with Crippen LogP contribution in [0.15, 0.2) is 48.5 Å². The molecule has 2 aromatic carbocycles. The average molecular weight is 451 g/mol. The number of hydrogen-bond acceptors (Lipinski definition) is 4. The van der Waals surface area contributed by atoms with Crippen molar-refractivity contribution in [2.75, 3.05) is 6.54 Å². The smallest absolute Gasteiger partial charge is 0.325 e. The van der Waals surface area contributed by atoms with Crippen molar-refractivity contribution in [3.8, 4) is 0 Å². The van der Waals surface area contributed by atoms with E-state index in [4.69, 9.17) is 27.9 Å². The lowest BCUT2D eigenvalue weighted by Crippen LogP contribution is -2.48. The summed E-state index contributed by atoms with van der Waals surface area (Å²) in [4.78, 5) is 37.1. The van der Waals surface area contributed by atoms with Gasteiger partial charge in [-0.3, -0.25) is 14.4 Å². The van der Waals surface area contributed by atoms with Gasteiger partial charge in [0.2, 0.25) is 5.91 Å². The molecule has 0 radical (unpaired) electrons. The first-order valence-electron chi connectivity index (χ1n) is 9.49. The van der Waals surface area contributed by atoms with Crippen molar-refractivity contribution in [2.24, 2.45) is 5.92 Å². The summed E-state index contributed by atoms with van der Waals surface area (Å²) >= 11 is 11.9. The first-order valence-corrected chi connectivity index (χ1v) is 10.2. The van der Waals surface area contributed by atoms with Crippen molar-refractivity contribution in [3.63, 3.8) is 0 Å². The van der Waals surface area contributed by atoms with Crippen molar-refractivity contribution in [1.29, 1.82) is 0 Å². The van der Waals surface area contributed by atoms with Gasteiger partial charge in [-0.15, -0.1) is 0 Å². The van der Waals surface area contributed by atoms with Gasteiger partial charge < -0.3 is 15.4 Å². The highest BCUT2D eigenvalue weighted by atomic mass is 35.5. The monoisotopic (exact) mass is 450 g/mol. The Balaban J connectivity index is 1.92. The summed E-state index contributed by atoms with van der Waals surface area (Å²) in [6.07, 6.45) is 0.391. The lowest BCUT2D eigenvalue weighted by Gasteiger charge is -2.20. The number of carbonyl (C=O) groups excluding carboxylic acids is 3. The normalized spacial score (nSPS) is 11.6. The SMILES string of the molecule is CC(C)CC(NC(=O)c1ccc(Cl)cc1Cl)C(=O)NCC(=O)OCc1ccccc1. The molecule has 1 atom stereocenters. The third kappa shape index (κ3) is 7.69. The largest absolute Gasteiger partial charge is 0.460 e. The molecule has 0 aromatic heterocycles. The van der Waals surface area contributed by atoms with Gasteiger partial charge in [0.1, 0.15) is 19.2 Å². The molecule has 0 spiro atoms. The van der Waals surface area contributed by atoms with Crippen molar-refractivity contribution >= 4 is 41.0 Å². The molecular formula is C22H24Cl2N2O4. The minimum absolute atomic E-state index is 0.122. The van der Waals surface area contributed by atoms with Crippen LogP contribution >= 0.6 is 23.2 Å². The van der Waals surface area contributed by atoms with Crippen LogP contribution in [-0.2, 0) is 20.9 Å². The van der Waals surface area contributed by atoms with Crippen LogP contribution in [0.5, 0.6) is 0 Å². The minimum Gasteiger partial charge on any atom is -0.460 e. The molecule has 0 heterocycles. The average Bonchev–Trinajstić information content (AvgIpc) is 2.70. The molecule has 160 valence electrons. The molecule has 1 unspecified atom stereocenters. The third-order valence-corrected chi connectivity index (χ3v) is 4.70. The molecule has 0 aliphatic rings. The van der Waals surface area contributed by atoms with Gasteiger partial charge in [-0.05, 0) is 36.1 Å². The van der Waals surface area contributed by atoms with Crippen LogP contribution in [0.4, 0.5) is 0 Å². The first kappa shape index (κ1) is 23.7. The van der Waals surface area contributed by atoms with Gasteiger partial charge in [-0.1, -0.05) is 67.4 Å². The van der Waals surface area contributed by atoms with Crippen LogP contribution < -0.4 is 10.6 Å². The highest BCUT2D eigenvalue weighted by Crippen LogP contribution is 2.21. The zero-order chi connectivity index (χ0) is 22.1. The van der Waals surface area contributed by atoms with Gasteiger partial charge in [-0.2, -0.15) is 0 Å². The Morgan fingerprint density at radius 1 is 1.03 bits per heavy atom. The molecule has 0 fully saturated rings. The Bertz CT molecular complexity index is 888. The topological polar surface area (TPSA) is 84.5 Å². The van der Waals surface area contributed by atoms with Crippen LogP contribution in [0.25, 0.3) is 0 Å². The highest BCUT2D eigenvalue weighted by molar-refractivity contribution is 6.36. The Morgan fingerprint density at radius 2 is 1.73 bits per heavy atom. The lowest BCUT2D eigenvalue weighted by atomic mass is 10.0. The van der Waals surface area contributed by atoms with Crippen LogP contribution in [0.2, 0.25) is 10.0 Å². The van der Waals surface area contributed by atoms with E-state index in [1.807, 2.05) is 44.2 Å². The van der Waals surface area contributed by atoms with Gasteiger partial charge >= 0.3 is 5.97 Å². The van der Waals surface area contributed by atoms with Crippen LogP contribution in [-0.4, -0.2) is 30.4 Å². The maximum Gasteiger partial charge on any atom is 0.325 e. The number of carbonyl (C=O) groups is 3. The molecule has 8 heteroatoms. The van der Waals surface area contributed by atoms with Crippen molar-refractivity contribution in [3.05, 3.63) is 69.7 Å². The van der Waals surface area contributed by atoms with Crippen molar-refractivity contribution in [2.45, 2.75) is 32.9 Å². The molecule has 0 aliphatic carbocycles. The molecule has 0 aliphatic heterocycles. The summed E-state index contributed by atoms with van der Waals surface area (Å²) in [6, 6.07) is 12.9. The summed E-state index contributed by atoms with van der Waals surface area (Å²) in [5.74, 6) is -1.41. The Labute approximate surface area is 185 Å². The lowest BCUT2D eigenvalue weighted by molar-refractivity contribution is -0.145. The number of amides is 2. The predicted molar refractivity (Wildman–Crippen MR) is 116 cm³/mol. The number of hydrogen-bond donors (Lipinski definition) is 2. The van der Waals surface area contributed by atoms with Gasteiger partial charge in [-0.25, -0.2) is 0 Å². The Kier molecular flexibility index (Phi) is 9.15. The molecule has 0 saturated heterocycles. The fourth-order valence-electron chi connectivity index (χ4n) is 2.68. The molecular weight excluding hydrogens is 427 g/mol. The van der Waals surface area contributed by atoms with E-state index in [-0.39, 0.29) is 29.7 Å². The molecule has 2 N–H and O–H groups in total. The van der Waals surface area contributed by atoms with Gasteiger partial charge in [0.05, 0.1) is 10.6 Å². The molecule has 2 rings (SSSR count). The molecule has 2 amide bonds. The zero-order valence-corrected chi connectivity index (χ0v) is 18.3. The fraction of sp³-hybridized carbons (Fsp3) is 0.318. The number of rotatable bonds is 9. The molecule has 2 aromatic rings. The quantitative estimate of drug-likeness (QED) is 0.565. The summed E-state index contributed by atoms with van der Waals surface area (Å²) in [5, 5.41) is 5.79. The van der Waals surface area contributed by atoms with Gasteiger partial charge in [0, 0.05) is 5.02 Å².